The maximum Gasteiger partial charge on any atom is 0.416 e. The van der Waals surface area contributed by atoms with Gasteiger partial charge in [0.2, 0.25) is 0 Å². The summed E-state index contributed by atoms with van der Waals surface area (Å²) in [6.45, 7) is 9.99. The molecule has 0 saturated heterocycles. The van der Waals surface area contributed by atoms with E-state index in [1.807, 2.05) is 0 Å². The Kier molecular flexibility index (Phi) is 6.39. The molecule has 4 aliphatic carbocycles. The van der Waals surface area contributed by atoms with Gasteiger partial charge in [0, 0.05) is 0 Å². The molecule has 4 rings (SSSR count). The average Bonchev–Trinajstić information content (AvgIpc) is 3.09. The van der Waals surface area contributed by atoms with E-state index in [0.29, 0.717) is 30.1 Å². The molecule has 0 bridgehead atoms. The molecule has 3 saturated carbocycles. The lowest BCUT2D eigenvalue weighted by Gasteiger charge is -2.59. The van der Waals surface area contributed by atoms with E-state index in [9.17, 15) is 23.4 Å². The fourth-order valence-corrected chi connectivity index (χ4v) is 8.84. The Morgan fingerprint density at radius 2 is 1.79 bits per heavy atom. The predicted octanol–water partition coefficient (Wildman–Crippen LogP) is 7.44. The predicted molar refractivity (Wildman–Crippen MR) is 126 cm³/mol. The Balaban J connectivity index is 1.49. The number of rotatable bonds is 5. The van der Waals surface area contributed by atoms with Crippen molar-refractivity contribution in [2.24, 2.45) is 40.4 Å². The molecule has 0 aromatic heterocycles. The molecular weight excluding hydrogens is 425 g/mol. The first kappa shape index (κ1) is 25.5. The number of hydrogen-bond donors (Lipinski definition) is 2. The average molecular weight is 471 g/mol. The van der Waals surface area contributed by atoms with E-state index in [0.717, 1.165) is 51.9 Å². The highest BCUT2D eigenvalue weighted by molar-refractivity contribution is 5.27. The van der Waals surface area contributed by atoms with Crippen molar-refractivity contribution in [3.63, 3.8) is 0 Å². The van der Waals surface area contributed by atoms with Gasteiger partial charge in [0.05, 0.1) is 5.60 Å². The quantitative estimate of drug-likeness (QED) is 0.410. The first-order valence-corrected chi connectivity index (χ1v) is 13.4. The number of halogens is 3. The van der Waals surface area contributed by atoms with E-state index in [2.05, 4.69) is 33.8 Å². The molecule has 0 radical (unpaired) electrons. The van der Waals surface area contributed by atoms with Gasteiger partial charge in [-0.25, -0.2) is 0 Å². The van der Waals surface area contributed by atoms with Gasteiger partial charge in [-0.3, -0.25) is 0 Å². The zero-order valence-electron chi connectivity index (χ0n) is 21.3. The van der Waals surface area contributed by atoms with Crippen LogP contribution < -0.4 is 0 Å². The summed E-state index contributed by atoms with van der Waals surface area (Å²) in [7, 11) is 0. The number of alkyl halides is 3. The van der Waals surface area contributed by atoms with Crippen LogP contribution in [0, 0.1) is 40.4 Å². The third-order valence-corrected chi connectivity index (χ3v) is 11.4. The largest absolute Gasteiger partial charge is 0.416 e. The number of hydrogen-bond acceptors (Lipinski definition) is 2. The number of aliphatic hydroxyl groups is 2. The highest BCUT2D eigenvalue weighted by Gasteiger charge is 2.60. The van der Waals surface area contributed by atoms with Gasteiger partial charge in [0.25, 0.3) is 0 Å². The number of fused-ring (bicyclic) bond motifs is 5. The van der Waals surface area contributed by atoms with Gasteiger partial charge in [-0.2, -0.15) is 13.2 Å². The van der Waals surface area contributed by atoms with Crippen LogP contribution in [-0.2, 0) is 0 Å². The summed E-state index contributed by atoms with van der Waals surface area (Å²) in [4.78, 5) is 0. The highest BCUT2D eigenvalue weighted by atomic mass is 19.4. The van der Waals surface area contributed by atoms with Crippen molar-refractivity contribution < 1.29 is 23.4 Å². The van der Waals surface area contributed by atoms with Crippen LogP contribution in [0.15, 0.2) is 11.6 Å². The fourth-order valence-electron chi connectivity index (χ4n) is 8.84. The molecule has 1 unspecified atom stereocenters. The minimum atomic E-state index is -4.57. The standard InChI is InChI=1S/C28H45F3O2/c1-6-27(33)16-15-24(3)19(17-27)7-8-20-22-10-9-21(25(22,4)13-12-23(20)24)18(2)11-14-26(5,32)28(29,30)31/h7,18,20-23,32-33H,6,8-17H2,1-5H3/t18-,20+,21-,22+,23+,24?,25-,26-,27+/m1/s1. The first-order chi connectivity index (χ1) is 15.2. The van der Waals surface area contributed by atoms with Crippen LogP contribution in [0.3, 0.4) is 0 Å². The maximum atomic E-state index is 13.2. The lowest BCUT2D eigenvalue weighted by Crippen LogP contribution is -2.52. The van der Waals surface area contributed by atoms with Gasteiger partial charge in [0.1, 0.15) is 0 Å². The summed E-state index contributed by atoms with van der Waals surface area (Å²) in [6.07, 6.45) is 7.42. The molecule has 0 spiro atoms. The molecule has 0 amide bonds. The molecule has 190 valence electrons. The van der Waals surface area contributed by atoms with Crippen molar-refractivity contribution in [1.29, 1.82) is 0 Å². The van der Waals surface area contributed by atoms with Crippen LogP contribution in [0.2, 0.25) is 0 Å². The Morgan fingerprint density at radius 3 is 2.42 bits per heavy atom. The monoisotopic (exact) mass is 470 g/mol. The van der Waals surface area contributed by atoms with Crippen LogP contribution in [0.5, 0.6) is 0 Å². The molecule has 0 heterocycles. The van der Waals surface area contributed by atoms with Gasteiger partial charge in [0.15, 0.2) is 5.60 Å². The topological polar surface area (TPSA) is 40.5 Å². The second-order valence-electron chi connectivity index (χ2n) is 13.0. The Hall–Kier alpha value is -0.550. The summed E-state index contributed by atoms with van der Waals surface area (Å²) in [5.41, 5.74) is -1.27. The zero-order chi connectivity index (χ0) is 24.4. The van der Waals surface area contributed by atoms with Crippen molar-refractivity contribution in [3.05, 3.63) is 11.6 Å². The second kappa shape index (κ2) is 8.25. The van der Waals surface area contributed by atoms with Crippen LogP contribution in [-0.4, -0.2) is 27.6 Å². The van der Waals surface area contributed by atoms with Crippen LogP contribution in [0.25, 0.3) is 0 Å². The molecule has 0 aromatic carbocycles. The van der Waals surface area contributed by atoms with Crippen LogP contribution in [0.4, 0.5) is 13.2 Å². The highest BCUT2D eigenvalue weighted by Crippen LogP contribution is 2.68. The van der Waals surface area contributed by atoms with Crippen molar-refractivity contribution in [3.8, 4) is 0 Å². The third-order valence-electron chi connectivity index (χ3n) is 11.4. The molecule has 0 aliphatic heterocycles. The summed E-state index contributed by atoms with van der Waals surface area (Å²) in [6, 6.07) is 0. The molecule has 0 aromatic rings. The summed E-state index contributed by atoms with van der Waals surface area (Å²) >= 11 is 0. The van der Waals surface area contributed by atoms with Gasteiger partial charge in [-0.15, -0.1) is 0 Å². The summed E-state index contributed by atoms with van der Waals surface area (Å²) < 4.78 is 39.5. The summed E-state index contributed by atoms with van der Waals surface area (Å²) in [5, 5.41) is 20.9. The minimum absolute atomic E-state index is 0.185. The molecule has 2 nitrogen and oxygen atoms in total. The van der Waals surface area contributed by atoms with Crippen LogP contribution >= 0.6 is 0 Å². The normalized spacial score (nSPS) is 45.9. The first-order valence-electron chi connectivity index (χ1n) is 13.4. The van der Waals surface area contributed by atoms with Gasteiger partial charge in [-0.05, 0) is 118 Å². The second-order valence-corrected chi connectivity index (χ2v) is 13.0. The maximum absolute atomic E-state index is 13.2. The van der Waals surface area contributed by atoms with Gasteiger partial charge < -0.3 is 10.2 Å². The SMILES string of the molecule is CC[C@]1(O)CCC2(C)C(=CC[C@@H]3[C@@H]2CC[C@]2(C)[C@@H]([C@H](C)CC[C@@](C)(O)C(F)(F)F)CC[C@@H]32)C1. The Morgan fingerprint density at radius 1 is 1.09 bits per heavy atom. The van der Waals surface area contributed by atoms with Crippen LogP contribution in [0.1, 0.15) is 105 Å². The lowest BCUT2D eigenvalue weighted by atomic mass is 9.46. The van der Waals surface area contributed by atoms with E-state index in [1.54, 1.807) is 0 Å². The number of allylic oxidation sites excluding steroid dienone is 1. The van der Waals surface area contributed by atoms with Crippen molar-refractivity contribution in [2.75, 3.05) is 0 Å². The van der Waals surface area contributed by atoms with Gasteiger partial charge >= 0.3 is 6.18 Å². The van der Waals surface area contributed by atoms with Gasteiger partial charge in [-0.1, -0.05) is 39.3 Å². The van der Waals surface area contributed by atoms with E-state index < -0.39 is 17.4 Å². The van der Waals surface area contributed by atoms with Crippen molar-refractivity contribution in [1.82, 2.24) is 0 Å². The lowest BCUT2D eigenvalue weighted by molar-refractivity contribution is -0.256. The van der Waals surface area contributed by atoms with E-state index in [-0.39, 0.29) is 23.2 Å². The molecule has 3 fully saturated rings. The molecule has 33 heavy (non-hydrogen) atoms. The van der Waals surface area contributed by atoms with E-state index in [1.165, 1.54) is 18.4 Å². The van der Waals surface area contributed by atoms with Crippen molar-refractivity contribution >= 4 is 0 Å². The molecule has 4 aliphatic rings. The summed E-state index contributed by atoms with van der Waals surface area (Å²) in [5.74, 6) is 2.57. The Bertz CT molecular complexity index is 774. The fraction of sp³-hybridized carbons (Fsp3) is 0.929. The molecular formula is C28H45F3O2. The zero-order valence-corrected chi connectivity index (χ0v) is 21.3. The van der Waals surface area contributed by atoms with E-state index in [4.69, 9.17) is 0 Å². The smallest absolute Gasteiger partial charge is 0.390 e. The van der Waals surface area contributed by atoms with E-state index >= 15 is 0 Å². The Labute approximate surface area is 198 Å². The van der Waals surface area contributed by atoms with Crippen molar-refractivity contribution in [2.45, 2.75) is 123 Å². The minimum Gasteiger partial charge on any atom is -0.390 e. The third kappa shape index (κ3) is 4.11. The molecule has 2 N–H and O–H groups in total. The molecule has 9 atom stereocenters. The molecule has 5 heteroatoms.